The summed E-state index contributed by atoms with van der Waals surface area (Å²) in [6, 6.07) is 2.80. The molecule has 4 rings (SSSR count). The minimum atomic E-state index is -0.512. The molecule has 1 aromatic rings. The minimum Gasteiger partial charge on any atom is -0.454 e. The SMILES string of the molecule is C[C@]12CCCC[C@@H]1[C@@H]2C(=O)N/N=C\c1cc2c(cc1[N+](=O)[O-])OCO2. The zero-order valence-electron chi connectivity index (χ0n) is 13.9. The number of nitrogens with zero attached hydrogens (tertiary/aromatic N) is 2. The molecule has 2 fully saturated rings. The van der Waals surface area contributed by atoms with Gasteiger partial charge in [-0.1, -0.05) is 19.8 Å². The van der Waals surface area contributed by atoms with Crippen LogP contribution in [-0.2, 0) is 4.79 Å². The van der Waals surface area contributed by atoms with Crippen molar-refractivity contribution in [1.82, 2.24) is 5.43 Å². The standard InChI is InChI=1S/C17H19N3O5/c1-17-5-3-2-4-11(17)15(17)16(21)19-18-8-10-6-13-14(25-9-24-13)7-12(10)20(22)23/h6-8,11,15H,2-5,9H2,1H3,(H,19,21)/b18-8-/t11-,15-,17+/m1/s1. The summed E-state index contributed by atoms with van der Waals surface area (Å²) >= 11 is 0. The predicted octanol–water partition coefficient (Wildman–Crippen LogP) is 2.60. The Morgan fingerprint density at radius 1 is 1.40 bits per heavy atom. The lowest BCUT2D eigenvalue weighted by atomic mass is 9.90. The van der Waals surface area contributed by atoms with E-state index in [0.717, 1.165) is 12.8 Å². The second-order valence-corrected chi connectivity index (χ2v) is 7.09. The summed E-state index contributed by atoms with van der Waals surface area (Å²) in [6.07, 6.45) is 5.80. The van der Waals surface area contributed by atoms with Gasteiger partial charge < -0.3 is 9.47 Å². The van der Waals surface area contributed by atoms with Crippen LogP contribution in [0.3, 0.4) is 0 Å². The maximum atomic E-state index is 12.4. The molecule has 8 heteroatoms. The number of nitrogens with one attached hydrogen (secondary N) is 1. The van der Waals surface area contributed by atoms with Gasteiger partial charge in [0, 0.05) is 5.92 Å². The van der Waals surface area contributed by atoms with E-state index >= 15 is 0 Å². The van der Waals surface area contributed by atoms with E-state index in [0.29, 0.717) is 17.4 Å². The number of nitro benzene ring substituents is 1. The van der Waals surface area contributed by atoms with Gasteiger partial charge in [-0.3, -0.25) is 14.9 Å². The second-order valence-electron chi connectivity index (χ2n) is 7.09. The first-order valence-electron chi connectivity index (χ1n) is 8.41. The Balaban J connectivity index is 1.47. The van der Waals surface area contributed by atoms with E-state index in [1.165, 1.54) is 31.2 Å². The van der Waals surface area contributed by atoms with Crippen LogP contribution < -0.4 is 14.9 Å². The number of carbonyl (C=O) groups is 1. The molecule has 3 atom stereocenters. The fraction of sp³-hybridized carbons (Fsp3) is 0.529. The van der Waals surface area contributed by atoms with Crippen LogP contribution in [0.2, 0.25) is 0 Å². The molecule has 3 aliphatic rings. The molecule has 0 aromatic heterocycles. The fourth-order valence-corrected chi connectivity index (χ4v) is 4.29. The smallest absolute Gasteiger partial charge is 0.282 e. The number of benzene rings is 1. The van der Waals surface area contributed by atoms with Gasteiger partial charge in [-0.05, 0) is 30.2 Å². The zero-order valence-corrected chi connectivity index (χ0v) is 13.9. The predicted molar refractivity (Wildman–Crippen MR) is 88.5 cm³/mol. The van der Waals surface area contributed by atoms with Crippen molar-refractivity contribution in [2.45, 2.75) is 32.6 Å². The van der Waals surface area contributed by atoms with Gasteiger partial charge in [-0.15, -0.1) is 0 Å². The quantitative estimate of drug-likeness (QED) is 0.513. The van der Waals surface area contributed by atoms with Crippen molar-refractivity contribution in [1.29, 1.82) is 0 Å². The van der Waals surface area contributed by atoms with Gasteiger partial charge in [-0.2, -0.15) is 5.10 Å². The Labute approximate surface area is 144 Å². The van der Waals surface area contributed by atoms with E-state index in [1.54, 1.807) is 0 Å². The number of ether oxygens (including phenoxy) is 2. The molecular weight excluding hydrogens is 326 g/mol. The van der Waals surface area contributed by atoms with Gasteiger partial charge in [0.15, 0.2) is 11.5 Å². The second kappa shape index (κ2) is 5.72. The van der Waals surface area contributed by atoms with Crippen LogP contribution >= 0.6 is 0 Å². The van der Waals surface area contributed by atoms with Gasteiger partial charge in [0.1, 0.15) is 0 Å². The van der Waals surface area contributed by atoms with Gasteiger partial charge in [0.05, 0.1) is 22.8 Å². The van der Waals surface area contributed by atoms with Crippen molar-refractivity contribution in [3.8, 4) is 11.5 Å². The summed E-state index contributed by atoms with van der Waals surface area (Å²) in [5.41, 5.74) is 2.76. The highest BCUT2D eigenvalue weighted by atomic mass is 16.7. The average molecular weight is 345 g/mol. The molecule has 1 aliphatic heterocycles. The van der Waals surface area contributed by atoms with E-state index in [-0.39, 0.29) is 35.3 Å². The molecule has 1 amide bonds. The topological polar surface area (TPSA) is 103 Å². The Kier molecular flexibility index (Phi) is 3.63. The number of hydrogen-bond donors (Lipinski definition) is 1. The summed E-state index contributed by atoms with van der Waals surface area (Å²) in [4.78, 5) is 23.1. The molecule has 0 bridgehead atoms. The molecule has 25 heavy (non-hydrogen) atoms. The molecule has 2 aliphatic carbocycles. The molecule has 132 valence electrons. The van der Waals surface area contributed by atoms with E-state index in [1.807, 2.05) is 0 Å². The van der Waals surface area contributed by atoms with Crippen molar-refractivity contribution in [2.24, 2.45) is 22.4 Å². The maximum Gasteiger partial charge on any atom is 0.282 e. The Morgan fingerprint density at radius 2 is 2.16 bits per heavy atom. The first-order valence-corrected chi connectivity index (χ1v) is 8.41. The number of carbonyl (C=O) groups excluding carboxylic acids is 1. The van der Waals surface area contributed by atoms with Crippen LogP contribution in [0.25, 0.3) is 0 Å². The molecule has 0 saturated heterocycles. The lowest BCUT2D eigenvalue weighted by molar-refractivity contribution is -0.385. The summed E-state index contributed by atoms with van der Waals surface area (Å²) in [6.45, 7) is 2.19. The number of fused-ring (bicyclic) bond motifs is 2. The molecule has 1 aromatic carbocycles. The monoisotopic (exact) mass is 345 g/mol. The Bertz CT molecular complexity index is 778. The molecule has 2 saturated carbocycles. The number of hydrogen-bond acceptors (Lipinski definition) is 6. The van der Waals surface area contributed by atoms with Crippen LogP contribution in [0.5, 0.6) is 11.5 Å². The lowest BCUT2D eigenvalue weighted by Gasteiger charge is -2.15. The van der Waals surface area contributed by atoms with Crippen molar-refractivity contribution < 1.29 is 19.2 Å². The number of amides is 1. The highest BCUT2D eigenvalue weighted by Gasteiger charge is 2.64. The van der Waals surface area contributed by atoms with Crippen LogP contribution in [0.1, 0.15) is 38.2 Å². The number of nitro groups is 1. The van der Waals surface area contributed by atoms with E-state index in [9.17, 15) is 14.9 Å². The number of hydrazone groups is 1. The highest BCUT2D eigenvalue weighted by Crippen LogP contribution is 2.66. The third-order valence-electron chi connectivity index (χ3n) is 5.71. The van der Waals surface area contributed by atoms with Crippen LogP contribution in [0.4, 0.5) is 5.69 Å². The molecule has 0 spiro atoms. The number of rotatable bonds is 4. The van der Waals surface area contributed by atoms with Crippen LogP contribution in [0.15, 0.2) is 17.2 Å². The van der Waals surface area contributed by atoms with E-state index < -0.39 is 4.92 Å². The molecule has 1 heterocycles. The van der Waals surface area contributed by atoms with Crippen molar-refractivity contribution in [2.75, 3.05) is 6.79 Å². The summed E-state index contributed by atoms with van der Waals surface area (Å²) in [7, 11) is 0. The van der Waals surface area contributed by atoms with Gasteiger partial charge in [-0.25, -0.2) is 5.43 Å². The van der Waals surface area contributed by atoms with Crippen molar-refractivity contribution >= 4 is 17.8 Å². The summed E-state index contributed by atoms with van der Waals surface area (Å²) in [5, 5.41) is 15.1. The molecular formula is C17H19N3O5. The normalized spacial score (nSPS) is 29.3. The summed E-state index contributed by atoms with van der Waals surface area (Å²) in [5.74, 6) is 1.10. The summed E-state index contributed by atoms with van der Waals surface area (Å²) < 4.78 is 10.4. The molecule has 1 N–H and O–H groups in total. The highest BCUT2D eigenvalue weighted by molar-refractivity contribution is 5.89. The van der Waals surface area contributed by atoms with Gasteiger partial charge in [0.25, 0.3) is 5.69 Å². The Morgan fingerprint density at radius 3 is 2.84 bits per heavy atom. The minimum absolute atomic E-state index is 0.00103. The van der Waals surface area contributed by atoms with Gasteiger partial charge >= 0.3 is 0 Å². The third-order valence-corrected chi connectivity index (χ3v) is 5.71. The lowest BCUT2D eigenvalue weighted by Crippen LogP contribution is -2.22. The third kappa shape index (κ3) is 2.61. The van der Waals surface area contributed by atoms with E-state index in [4.69, 9.17) is 9.47 Å². The van der Waals surface area contributed by atoms with Crippen LogP contribution in [-0.4, -0.2) is 23.8 Å². The van der Waals surface area contributed by atoms with E-state index in [2.05, 4.69) is 17.5 Å². The Hall–Kier alpha value is -2.64. The zero-order chi connectivity index (χ0) is 17.6. The molecule has 0 unspecified atom stereocenters. The van der Waals surface area contributed by atoms with Gasteiger partial charge in [0.2, 0.25) is 12.7 Å². The average Bonchev–Trinajstić information content (AvgIpc) is 2.95. The maximum absolute atomic E-state index is 12.4. The van der Waals surface area contributed by atoms with Crippen LogP contribution in [0, 0.1) is 27.4 Å². The molecule has 8 nitrogen and oxygen atoms in total. The van der Waals surface area contributed by atoms with Crippen molar-refractivity contribution in [3.05, 3.63) is 27.8 Å². The first kappa shape index (κ1) is 15.9. The van der Waals surface area contributed by atoms with Crippen molar-refractivity contribution in [3.63, 3.8) is 0 Å². The first-order chi connectivity index (χ1) is 12.0. The largest absolute Gasteiger partial charge is 0.454 e. The fourth-order valence-electron chi connectivity index (χ4n) is 4.29. The molecule has 0 radical (unpaired) electrons.